The fourth-order valence-electron chi connectivity index (χ4n) is 4.59. The molecule has 2 amide bonds. The monoisotopic (exact) mass is 562 g/mol. The summed E-state index contributed by atoms with van der Waals surface area (Å²) in [4.78, 5) is 26.6. The van der Waals surface area contributed by atoms with Crippen molar-refractivity contribution in [2.75, 3.05) is 13.1 Å². The van der Waals surface area contributed by atoms with Gasteiger partial charge in [0.25, 0.3) is 5.91 Å². The highest BCUT2D eigenvalue weighted by molar-refractivity contribution is 5.88. The molecule has 12 heteroatoms. The Bertz CT molecular complexity index is 1030. The SMILES string of the molecule is C=C/C=C\C(=C)CC1CCN(C(=O)C(CCCc2cc(C(F)(F)F)cc(C(F)(F)F)c2)C(O)C(=O)NO)CC1. The van der Waals surface area contributed by atoms with Gasteiger partial charge in [0.05, 0.1) is 17.0 Å². The van der Waals surface area contributed by atoms with Crippen molar-refractivity contribution in [3.63, 3.8) is 0 Å². The zero-order valence-corrected chi connectivity index (χ0v) is 21.2. The van der Waals surface area contributed by atoms with E-state index in [2.05, 4.69) is 13.2 Å². The number of hydroxylamine groups is 1. The molecule has 0 radical (unpaired) electrons. The number of nitrogens with zero attached hydrogens (tertiary/aromatic N) is 1. The first-order chi connectivity index (χ1) is 18.2. The largest absolute Gasteiger partial charge is 0.416 e. The molecule has 2 rings (SSSR count). The van der Waals surface area contributed by atoms with E-state index in [4.69, 9.17) is 5.21 Å². The summed E-state index contributed by atoms with van der Waals surface area (Å²) < 4.78 is 78.9. The molecule has 1 aromatic rings. The molecule has 39 heavy (non-hydrogen) atoms. The molecule has 0 spiro atoms. The van der Waals surface area contributed by atoms with Crippen LogP contribution in [0.5, 0.6) is 0 Å². The molecule has 1 aliphatic rings. The van der Waals surface area contributed by atoms with Gasteiger partial charge in [0.15, 0.2) is 0 Å². The summed E-state index contributed by atoms with van der Waals surface area (Å²) in [6, 6.07) is 1.23. The van der Waals surface area contributed by atoms with E-state index in [0.29, 0.717) is 44.5 Å². The van der Waals surface area contributed by atoms with Crippen molar-refractivity contribution in [2.24, 2.45) is 11.8 Å². The number of hydrogen-bond acceptors (Lipinski definition) is 4. The maximum absolute atomic E-state index is 13.2. The van der Waals surface area contributed by atoms with Crippen LogP contribution in [-0.2, 0) is 28.4 Å². The third kappa shape index (κ3) is 9.54. The fourth-order valence-corrected chi connectivity index (χ4v) is 4.59. The predicted octanol–water partition coefficient (Wildman–Crippen LogP) is 5.46. The lowest BCUT2D eigenvalue weighted by Crippen LogP contribution is -2.48. The van der Waals surface area contributed by atoms with E-state index < -0.39 is 47.3 Å². The van der Waals surface area contributed by atoms with Gasteiger partial charge in [-0.05, 0) is 68.2 Å². The second kappa shape index (κ2) is 13.8. The molecule has 1 aromatic carbocycles. The Morgan fingerprint density at radius 1 is 1.08 bits per heavy atom. The number of benzene rings is 1. The smallest absolute Gasteiger partial charge is 0.382 e. The number of carbonyl (C=O) groups excluding carboxylic acids is 2. The van der Waals surface area contributed by atoms with Crippen LogP contribution in [0.4, 0.5) is 26.3 Å². The minimum absolute atomic E-state index is 0.0276. The lowest BCUT2D eigenvalue weighted by Gasteiger charge is -2.35. The van der Waals surface area contributed by atoms with Gasteiger partial charge >= 0.3 is 12.4 Å². The third-order valence-electron chi connectivity index (χ3n) is 6.65. The Labute approximate surface area is 222 Å². The molecule has 1 aliphatic heterocycles. The Balaban J connectivity index is 2.12. The van der Waals surface area contributed by atoms with Crippen molar-refractivity contribution in [2.45, 2.75) is 57.0 Å². The molecule has 1 saturated heterocycles. The van der Waals surface area contributed by atoms with Crippen LogP contribution >= 0.6 is 0 Å². The maximum Gasteiger partial charge on any atom is 0.416 e. The summed E-state index contributed by atoms with van der Waals surface area (Å²) in [5, 5.41) is 19.3. The summed E-state index contributed by atoms with van der Waals surface area (Å²) in [6.45, 7) is 8.23. The third-order valence-corrected chi connectivity index (χ3v) is 6.65. The van der Waals surface area contributed by atoms with E-state index >= 15 is 0 Å². The molecule has 216 valence electrons. The van der Waals surface area contributed by atoms with Crippen LogP contribution in [-0.4, -0.2) is 46.2 Å². The van der Waals surface area contributed by atoms with E-state index in [9.17, 15) is 41.0 Å². The molecule has 2 unspecified atom stereocenters. The van der Waals surface area contributed by atoms with Crippen LogP contribution in [0.2, 0.25) is 0 Å². The first-order valence-corrected chi connectivity index (χ1v) is 12.3. The number of likely N-dealkylation sites (tertiary alicyclic amines) is 1. The van der Waals surface area contributed by atoms with Crippen molar-refractivity contribution in [3.05, 3.63) is 71.8 Å². The van der Waals surface area contributed by atoms with Crippen molar-refractivity contribution >= 4 is 11.8 Å². The minimum Gasteiger partial charge on any atom is -0.382 e. The zero-order chi connectivity index (χ0) is 29.4. The molecule has 0 aromatic heterocycles. The molecule has 6 nitrogen and oxygen atoms in total. The number of piperidine rings is 1. The molecule has 0 saturated carbocycles. The van der Waals surface area contributed by atoms with Gasteiger partial charge < -0.3 is 10.0 Å². The van der Waals surface area contributed by atoms with Crippen LogP contribution < -0.4 is 5.48 Å². The average molecular weight is 563 g/mol. The Morgan fingerprint density at radius 3 is 2.13 bits per heavy atom. The first kappa shape index (κ1) is 32.1. The summed E-state index contributed by atoms with van der Waals surface area (Å²) >= 11 is 0. The van der Waals surface area contributed by atoms with E-state index in [-0.39, 0.29) is 36.8 Å². The summed E-state index contributed by atoms with van der Waals surface area (Å²) in [6.07, 6.45) is -5.33. The van der Waals surface area contributed by atoms with Crippen LogP contribution in [0.25, 0.3) is 0 Å². The van der Waals surface area contributed by atoms with Gasteiger partial charge in [0.1, 0.15) is 6.10 Å². The quantitative estimate of drug-likeness (QED) is 0.145. The Kier molecular flexibility index (Phi) is 11.3. The number of allylic oxidation sites excluding steroid dienone is 4. The van der Waals surface area contributed by atoms with Crippen LogP contribution in [0.15, 0.2) is 55.2 Å². The predicted molar refractivity (Wildman–Crippen MR) is 131 cm³/mol. The highest BCUT2D eigenvalue weighted by atomic mass is 19.4. The molecule has 3 N–H and O–H groups in total. The van der Waals surface area contributed by atoms with Crippen LogP contribution in [0, 0.1) is 11.8 Å². The molecule has 1 heterocycles. The highest BCUT2D eigenvalue weighted by Crippen LogP contribution is 2.37. The number of nitrogens with one attached hydrogen (secondary N) is 1. The summed E-state index contributed by atoms with van der Waals surface area (Å²) in [5.74, 6) is -2.93. The number of hydrogen-bond donors (Lipinski definition) is 3. The highest BCUT2D eigenvalue weighted by Gasteiger charge is 2.38. The minimum atomic E-state index is -5.00. The molecular formula is C27H32F6N2O4. The van der Waals surface area contributed by atoms with Gasteiger partial charge in [0.2, 0.25) is 5.91 Å². The average Bonchev–Trinajstić information content (AvgIpc) is 2.88. The Morgan fingerprint density at radius 2 is 1.64 bits per heavy atom. The zero-order valence-electron chi connectivity index (χ0n) is 21.2. The lowest BCUT2D eigenvalue weighted by atomic mass is 9.88. The van der Waals surface area contributed by atoms with Crippen molar-refractivity contribution < 1.29 is 46.2 Å². The molecular weight excluding hydrogens is 530 g/mol. The summed E-state index contributed by atoms with van der Waals surface area (Å²) in [7, 11) is 0. The van der Waals surface area contributed by atoms with Gasteiger partial charge in [-0.3, -0.25) is 14.8 Å². The number of halogens is 6. The Hall–Kier alpha value is -3.12. The number of amides is 2. The number of carbonyl (C=O) groups is 2. The normalized spacial score (nSPS) is 16.7. The van der Waals surface area contributed by atoms with Gasteiger partial charge in [-0.2, -0.15) is 26.3 Å². The second-order valence-corrected chi connectivity index (χ2v) is 9.56. The van der Waals surface area contributed by atoms with Crippen LogP contribution in [0.1, 0.15) is 48.8 Å². The lowest BCUT2D eigenvalue weighted by molar-refractivity contribution is -0.151. The number of aliphatic hydroxyl groups is 1. The topological polar surface area (TPSA) is 89.9 Å². The van der Waals surface area contributed by atoms with E-state index in [1.165, 1.54) is 10.4 Å². The number of rotatable bonds is 11. The van der Waals surface area contributed by atoms with Crippen molar-refractivity contribution in [1.29, 1.82) is 0 Å². The van der Waals surface area contributed by atoms with Crippen molar-refractivity contribution in [3.8, 4) is 0 Å². The van der Waals surface area contributed by atoms with E-state index in [1.54, 1.807) is 12.2 Å². The number of aryl methyl sites for hydroxylation is 1. The maximum atomic E-state index is 13.2. The number of alkyl halides is 6. The molecule has 1 fully saturated rings. The van der Waals surface area contributed by atoms with E-state index in [0.717, 1.165) is 5.57 Å². The van der Waals surface area contributed by atoms with Gasteiger partial charge in [0, 0.05) is 13.1 Å². The fraction of sp³-hybridized carbons (Fsp3) is 0.481. The standard InChI is InChI=1S/C27H32F6N2O4/c1-3-4-6-17(2)13-18-9-11-35(12-10-18)25(38)22(23(36)24(37)34-39)8-5-7-19-14-20(26(28,29)30)16-21(15-19)27(31,32)33/h3-4,6,14-16,18,22-23,36,39H,1-2,5,7-13H2,(H,34,37)/b6-4-. The van der Waals surface area contributed by atoms with Gasteiger partial charge in [-0.1, -0.05) is 37.0 Å². The first-order valence-electron chi connectivity index (χ1n) is 12.3. The van der Waals surface area contributed by atoms with E-state index in [1.807, 2.05) is 6.08 Å². The molecule has 0 bridgehead atoms. The van der Waals surface area contributed by atoms with Gasteiger partial charge in [-0.15, -0.1) is 0 Å². The molecule has 2 atom stereocenters. The van der Waals surface area contributed by atoms with Gasteiger partial charge in [-0.25, -0.2) is 5.48 Å². The van der Waals surface area contributed by atoms with Crippen molar-refractivity contribution in [1.82, 2.24) is 10.4 Å². The molecule has 0 aliphatic carbocycles. The number of aliphatic hydroxyl groups excluding tert-OH is 1. The second-order valence-electron chi connectivity index (χ2n) is 9.56. The van der Waals surface area contributed by atoms with Crippen LogP contribution in [0.3, 0.4) is 0 Å². The summed E-state index contributed by atoms with van der Waals surface area (Å²) in [5.41, 5.74) is -0.990.